The minimum atomic E-state index is -0.419. The Bertz CT molecular complexity index is 647. The lowest BCUT2D eigenvalue weighted by molar-refractivity contribution is -0.130. The van der Waals surface area contributed by atoms with Gasteiger partial charge >= 0.3 is 5.97 Å². The number of rotatable bonds is 5. The summed E-state index contributed by atoms with van der Waals surface area (Å²) in [6.45, 7) is 5.22. The summed E-state index contributed by atoms with van der Waals surface area (Å²) in [5, 5.41) is 0. The zero-order valence-electron chi connectivity index (χ0n) is 12.0. The monoisotopic (exact) mass is 300 g/mol. The lowest BCUT2D eigenvalue weighted by Crippen LogP contribution is -2.08. The number of hydrogen-bond donors (Lipinski definition) is 0. The molecule has 0 aliphatic rings. The van der Waals surface area contributed by atoms with Gasteiger partial charge in [0.05, 0.1) is 12.0 Å². The number of ether oxygens (including phenoxy) is 2. The molecular weight excluding hydrogens is 284 g/mol. The van der Waals surface area contributed by atoms with E-state index < -0.39 is 5.97 Å². The van der Waals surface area contributed by atoms with E-state index in [4.69, 9.17) is 9.47 Å². The summed E-state index contributed by atoms with van der Waals surface area (Å²) in [4.78, 5) is 13.6. The number of methoxy groups -OCH3 is 1. The highest BCUT2D eigenvalue weighted by atomic mass is 32.2. The molecule has 0 radical (unpaired) electrons. The zero-order chi connectivity index (χ0) is 15.2. The van der Waals surface area contributed by atoms with E-state index in [0.717, 1.165) is 15.5 Å². The van der Waals surface area contributed by atoms with E-state index in [2.05, 4.69) is 6.58 Å². The van der Waals surface area contributed by atoms with Crippen molar-refractivity contribution in [3.8, 4) is 11.5 Å². The Morgan fingerprint density at radius 1 is 1.10 bits per heavy atom. The summed E-state index contributed by atoms with van der Waals surface area (Å²) in [7, 11) is 1.63. The van der Waals surface area contributed by atoms with E-state index in [1.54, 1.807) is 20.1 Å². The molecular formula is C17H16O3S. The molecule has 0 aromatic heterocycles. The van der Waals surface area contributed by atoms with Crippen molar-refractivity contribution in [3.63, 3.8) is 0 Å². The zero-order valence-corrected chi connectivity index (χ0v) is 12.8. The Morgan fingerprint density at radius 2 is 1.76 bits per heavy atom. The molecule has 2 aromatic carbocycles. The van der Waals surface area contributed by atoms with Gasteiger partial charge < -0.3 is 9.47 Å². The third-order valence-electron chi connectivity index (χ3n) is 2.69. The van der Waals surface area contributed by atoms with Crippen molar-refractivity contribution >= 4 is 17.7 Å². The highest BCUT2D eigenvalue weighted by Crippen LogP contribution is 2.35. The van der Waals surface area contributed by atoms with E-state index in [0.29, 0.717) is 11.3 Å². The molecule has 0 N–H and O–H groups in total. The predicted molar refractivity (Wildman–Crippen MR) is 84.0 cm³/mol. The van der Waals surface area contributed by atoms with Crippen LogP contribution in [0.3, 0.4) is 0 Å². The Morgan fingerprint density at radius 3 is 2.38 bits per heavy atom. The summed E-state index contributed by atoms with van der Waals surface area (Å²) in [6, 6.07) is 15.1. The molecule has 2 rings (SSSR count). The second kappa shape index (κ2) is 6.99. The van der Waals surface area contributed by atoms with Crippen LogP contribution in [0.5, 0.6) is 11.5 Å². The lowest BCUT2D eigenvalue weighted by Gasteiger charge is -2.09. The standard InChI is InChI=1S/C17H16O3S/c1-12(2)17(18)20-15-6-4-5-7-16(15)21-14-10-8-13(19-3)9-11-14/h4-11H,1H2,2-3H3. The van der Waals surface area contributed by atoms with Gasteiger partial charge in [0.1, 0.15) is 11.5 Å². The van der Waals surface area contributed by atoms with E-state index in [9.17, 15) is 4.79 Å². The summed E-state index contributed by atoms with van der Waals surface area (Å²) >= 11 is 1.52. The molecule has 0 bridgehead atoms. The molecule has 0 atom stereocenters. The number of benzene rings is 2. The molecule has 4 heteroatoms. The molecule has 0 unspecified atom stereocenters. The first-order chi connectivity index (χ1) is 10.1. The second-order valence-corrected chi connectivity index (χ2v) is 5.51. The molecule has 0 spiro atoms. The first kappa shape index (κ1) is 15.2. The fourth-order valence-corrected chi connectivity index (χ4v) is 2.46. The number of hydrogen-bond acceptors (Lipinski definition) is 4. The van der Waals surface area contributed by atoms with E-state index in [1.807, 2.05) is 42.5 Å². The molecule has 2 aromatic rings. The Balaban J connectivity index is 2.19. The van der Waals surface area contributed by atoms with Crippen molar-refractivity contribution < 1.29 is 14.3 Å². The predicted octanol–water partition coefficient (Wildman–Crippen LogP) is 4.33. The molecule has 3 nitrogen and oxygen atoms in total. The number of carbonyl (C=O) groups excluding carboxylic acids is 1. The first-order valence-electron chi connectivity index (χ1n) is 6.39. The van der Waals surface area contributed by atoms with E-state index >= 15 is 0 Å². The van der Waals surface area contributed by atoms with Gasteiger partial charge in [-0.1, -0.05) is 30.5 Å². The van der Waals surface area contributed by atoms with Crippen LogP contribution in [0, 0.1) is 0 Å². The van der Waals surface area contributed by atoms with Gasteiger partial charge in [0.25, 0.3) is 0 Å². The van der Waals surface area contributed by atoms with Crippen LogP contribution in [0.4, 0.5) is 0 Å². The molecule has 0 amide bonds. The minimum Gasteiger partial charge on any atom is -0.497 e. The Hall–Kier alpha value is -2.20. The topological polar surface area (TPSA) is 35.5 Å². The quantitative estimate of drug-likeness (QED) is 0.468. The highest BCUT2D eigenvalue weighted by Gasteiger charge is 2.10. The fourth-order valence-electron chi connectivity index (χ4n) is 1.58. The molecule has 0 aliphatic carbocycles. The van der Waals surface area contributed by atoms with Crippen LogP contribution in [-0.4, -0.2) is 13.1 Å². The minimum absolute atomic E-state index is 0.374. The van der Waals surface area contributed by atoms with E-state index in [1.165, 1.54) is 11.8 Å². The van der Waals surface area contributed by atoms with Crippen LogP contribution in [0.15, 0.2) is 70.5 Å². The summed E-state index contributed by atoms with van der Waals surface area (Å²) in [6.07, 6.45) is 0. The SMILES string of the molecule is C=C(C)C(=O)Oc1ccccc1Sc1ccc(OC)cc1. The van der Waals surface area contributed by atoms with Gasteiger partial charge in [-0.3, -0.25) is 0 Å². The highest BCUT2D eigenvalue weighted by molar-refractivity contribution is 7.99. The average molecular weight is 300 g/mol. The molecule has 0 saturated heterocycles. The van der Waals surface area contributed by atoms with Crippen LogP contribution in [0.1, 0.15) is 6.92 Å². The van der Waals surface area contributed by atoms with Crippen molar-refractivity contribution in [1.29, 1.82) is 0 Å². The number of para-hydroxylation sites is 1. The fraction of sp³-hybridized carbons (Fsp3) is 0.118. The van der Waals surface area contributed by atoms with Crippen molar-refractivity contribution in [1.82, 2.24) is 0 Å². The van der Waals surface area contributed by atoms with Gasteiger partial charge in [0, 0.05) is 10.5 Å². The van der Waals surface area contributed by atoms with Gasteiger partial charge in [0.15, 0.2) is 0 Å². The molecule has 0 heterocycles. The summed E-state index contributed by atoms with van der Waals surface area (Å²) in [5.74, 6) is 0.922. The second-order valence-electron chi connectivity index (χ2n) is 4.39. The first-order valence-corrected chi connectivity index (χ1v) is 7.20. The third kappa shape index (κ3) is 4.13. The van der Waals surface area contributed by atoms with Gasteiger partial charge in [-0.25, -0.2) is 4.79 Å². The maximum atomic E-state index is 11.7. The molecule has 21 heavy (non-hydrogen) atoms. The summed E-state index contributed by atoms with van der Waals surface area (Å²) < 4.78 is 10.5. The van der Waals surface area contributed by atoms with Crippen LogP contribution in [-0.2, 0) is 4.79 Å². The average Bonchev–Trinajstić information content (AvgIpc) is 2.50. The van der Waals surface area contributed by atoms with Gasteiger partial charge in [0.2, 0.25) is 0 Å². The molecule has 0 fully saturated rings. The van der Waals surface area contributed by atoms with Crippen molar-refractivity contribution in [3.05, 3.63) is 60.7 Å². The van der Waals surface area contributed by atoms with Crippen LogP contribution < -0.4 is 9.47 Å². The van der Waals surface area contributed by atoms with Gasteiger partial charge in [-0.2, -0.15) is 0 Å². The third-order valence-corrected chi connectivity index (χ3v) is 3.75. The van der Waals surface area contributed by atoms with Crippen LogP contribution in [0.2, 0.25) is 0 Å². The Kier molecular flexibility index (Phi) is 5.06. The van der Waals surface area contributed by atoms with Gasteiger partial charge in [-0.15, -0.1) is 0 Å². The smallest absolute Gasteiger partial charge is 0.338 e. The maximum Gasteiger partial charge on any atom is 0.338 e. The largest absolute Gasteiger partial charge is 0.497 e. The van der Waals surface area contributed by atoms with Crippen molar-refractivity contribution in [2.45, 2.75) is 16.7 Å². The van der Waals surface area contributed by atoms with Gasteiger partial charge in [-0.05, 0) is 43.3 Å². The van der Waals surface area contributed by atoms with Crippen molar-refractivity contribution in [2.24, 2.45) is 0 Å². The molecule has 0 aliphatic heterocycles. The maximum absolute atomic E-state index is 11.7. The number of carbonyl (C=O) groups is 1. The number of esters is 1. The van der Waals surface area contributed by atoms with Crippen LogP contribution >= 0.6 is 11.8 Å². The normalized spacial score (nSPS) is 10.0. The Labute approximate surface area is 128 Å². The lowest BCUT2D eigenvalue weighted by atomic mass is 10.3. The molecule has 108 valence electrons. The van der Waals surface area contributed by atoms with Crippen LogP contribution in [0.25, 0.3) is 0 Å². The molecule has 0 saturated carbocycles. The van der Waals surface area contributed by atoms with E-state index in [-0.39, 0.29) is 0 Å². The van der Waals surface area contributed by atoms with Crippen molar-refractivity contribution in [2.75, 3.05) is 7.11 Å². The summed E-state index contributed by atoms with van der Waals surface area (Å²) in [5.41, 5.74) is 0.374.